The summed E-state index contributed by atoms with van der Waals surface area (Å²) < 4.78 is 5.03. The number of furan rings is 1. The number of aryl methyl sites for hydroxylation is 1. The number of fused-ring (bicyclic) bond motifs is 1. The van der Waals surface area contributed by atoms with Crippen LogP contribution in [0.3, 0.4) is 0 Å². The van der Waals surface area contributed by atoms with E-state index in [9.17, 15) is 9.59 Å². The monoisotopic (exact) mass is 401 g/mol. The van der Waals surface area contributed by atoms with E-state index in [4.69, 9.17) is 21.8 Å². The molecule has 7 heteroatoms. The molecule has 3 heterocycles. The number of carbonyl (C=O) groups excluding carboxylic acids is 2. The maximum Gasteiger partial charge on any atom is 0.257 e. The summed E-state index contributed by atoms with van der Waals surface area (Å²) in [7, 11) is 0. The van der Waals surface area contributed by atoms with Crippen LogP contribution in [0.1, 0.15) is 33.9 Å². The van der Waals surface area contributed by atoms with Crippen molar-refractivity contribution in [1.82, 2.24) is 9.80 Å². The Morgan fingerprint density at radius 2 is 1.93 bits per heavy atom. The third-order valence-corrected chi connectivity index (χ3v) is 6.39. The van der Waals surface area contributed by atoms with Crippen molar-refractivity contribution in [3.8, 4) is 0 Å². The van der Waals surface area contributed by atoms with Gasteiger partial charge in [-0.25, -0.2) is 0 Å². The maximum absolute atomic E-state index is 12.6. The first-order valence-corrected chi connectivity index (χ1v) is 9.90. The zero-order valence-electron chi connectivity index (χ0n) is 15.8. The number of hydrogen-bond acceptors (Lipinski definition) is 4. The van der Waals surface area contributed by atoms with E-state index in [2.05, 4.69) is 4.90 Å². The minimum atomic E-state index is -0.324. The predicted molar refractivity (Wildman–Crippen MR) is 106 cm³/mol. The zero-order chi connectivity index (χ0) is 19.8. The summed E-state index contributed by atoms with van der Waals surface area (Å²) in [5, 5.41) is 0.697. The van der Waals surface area contributed by atoms with Gasteiger partial charge in [0.15, 0.2) is 0 Å². The van der Waals surface area contributed by atoms with E-state index in [0.29, 0.717) is 22.4 Å². The molecular formula is C21H24ClN3O3. The van der Waals surface area contributed by atoms with Crippen molar-refractivity contribution >= 4 is 23.4 Å². The lowest BCUT2D eigenvalue weighted by molar-refractivity contribution is -0.119. The van der Waals surface area contributed by atoms with Gasteiger partial charge in [-0.3, -0.25) is 14.5 Å². The maximum atomic E-state index is 12.6. The van der Waals surface area contributed by atoms with Crippen molar-refractivity contribution in [2.75, 3.05) is 26.2 Å². The smallest absolute Gasteiger partial charge is 0.257 e. The van der Waals surface area contributed by atoms with Gasteiger partial charge in [0.2, 0.25) is 5.91 Å². The van der Waals surface area contributed by atoms with Crippen LogP contribution >= 0.6 is 11.6 Å². The van der Waals surface area contributed by atoms with Crippen LogP contribution in [0.5, 0.6) is 0 Å². The van der Waals surface area contributed by atoms with Crippen molar-refractivity contribution in [2.24, 2.45) is 17.6 Å². The van der Waals surface area contributed by atoms with E-state index in [-0.39, 0.29) is 24.3 Å². The Morgan fingerprint density at radius 1 is 1.21 bits per heavy atom. The van der Waals surface area contributed by atoms with Crippen LogP contribution in [-0.2, 0) is 4.79 Å². The normalized spacial score (nSPS) is 23.0. The summed E-state index contributed by atoms with van der Waals surface area (Å²) in [6.07, 6.45) is 3.27. The topological polar surface area (TPSA) is 79.8 Å². The second-order valence-electron chi connectivity index (χ2n) is 7.89. The van der Waals surface area contributed by atoms with Crippen LogP contribution in [0.25, 0.3) is 0 Å². The summed E-state index contributed by atoms with van der Waals surface area (Å²) >= 11 is 6.31. The Bertz CT molecular complexity index is 869. The molecule has 2 aliphatic rings. The van der Waals surface area contributed by atoms with E-state index in [1.165, 1.54) is 12.5 Å². The number of primary amides is 1. The molecule has 148 valence electrons. The van der Waals surface area contributed by atoms with Gasteiger partial charge in [0.05, 0.1) is 11.8 Å². The van der Waals surface area contributed by atoms with Gasteiger partial charge in [-0.1, -0.05) is 23.7 Å². The van der Waals surface area contributed by atoms with Crippen molar-refractivity contribution in [3.05, 3.63) is 58.5 Å². The molecule has 0 spiro atoms. The molecule has 6 nitrogen and oxygen atoms in total. The van der Waals surface area contributed by atoms with Gasteiger partial charge in [-0.2, -0.15) is 0 Å². The van der Waals surface area contributed by atoms with Crippen LogP contribution in [0, 0.1) is 18.8 Å². The predicted octanol–water partition coefficient (Wildman–Crippen LogP) is 2.86. The van der Waals surface area contributed by atoms with E-state index >= 15 is 0 Å². The molecule has 1 aromatic carbocycles. The quantitative estimate of drug-likeness (QED) is 0.835. The Balaban J connectivity index is 1.47. The zero-order valence-corrected chi connectivity index (χ0v) is 16.6. The van der Waals surface area contributed by atoms with E-state index in [1.807, 2.05) is 30.0 Å². The second-order valence-corrected chi connectivity index (χ2v) is 8.30. The highest BCUT2D eigenvalue weighted by molar-refractivity contribution is 6.31. The highest BCUT2D eigenvalue weighted by Gasteiger charge is 2.44. The van der Waals surface area contributed by atoms with Gasteiger partial charge in [0.25, 0.3) is 5.91 Å². The molecular weight excluding hydrogens is 378 g/mol. The lowest BCUT2D eigenvalue weighted by Crippen LogP contribution is -2.35. The summed E-state index contributed by atoms with van der Waals surface area (Å²) in [6, 6.07) is 7.56. The summed E-state index contributed by atoms with van der Waals surface area (Å²) in [5.41, 5.74) is 8.16. The number of likely N-dealkylation sites (tertiary alicyclic amines) is 2. The molecule has 2 aliphatic heterocycles. The number of hydrogen-bond donors (Lipinski definition) is 1. The number of benzene rings is 1. The highest BCUT2D eigenvalue weighted by Crippen LogP contribution is 2.38. The standard InChI is InChI=1S/C21H24ClN3O3/c1-13-2-3-14(6-18(13)22)19(7-20(23)26)24-8-16-10-25(11-17(16)9-24)21(27)15-4-5-28-12-15/h2-6,12,16-17,19H,7-11H2,1H3,(H2,23,26). The fourth-order valence-electron chi connectivity index (χ4n) is 4.48. The summed E-state index contributed by atoms with van der Waals surface area (Å²) in [6.45, 7) is 5.08. The molecule has 2 fully saturated rings. The SMILES string of the molecule is Cc1ccc(C(CC(N)=O)N2CC3CN(C(=O)c4ccoc4)CC3C2)cc1Cl. The largest absolute Gasteiger partial charge is 0.472 e. The molecule has 3 unspecified atom stereocenters. The highest BCUT2D eigenvalue weighted by atomic mass is 35.5. The fraction of sp³-hybridized carbons (Fsp3) is 0.429. The number of nitrogens with two attached hydrogens (primary N) is 1. The molecule has 2 saturated heterocycles. The average Bonchev–Trinajstić information content (AvgIpc) is 3.37. The fourth-order valence-corrected chi connectivity index (χ4v) is 4.67. The first-order chi connectivity index (χ1) is 13.4. The Hall–Kier alpha value is -2.31. The Kier molecular flexibility index (Phi) is 5.17. The van der Waals surface area contributed by atoms with Crippen LogP contribution in [-0.4, -0.2) is 47.8 Å². The van der Waals surface area contributed by atoms with Crippen LogP contribution < -0.4 is 5.73 Å². The van der Waals surface area contributed by atoms with E-state index in [1.54, 1.807) is 6.07 Å². The van der Waals surface area contributed by atoms with Crippen molar-refractivity contribution < 1.29 is 14.0 Å². The van der Waals surface area contributed by atoms with E-state index < -0.39 is 0 Å². The average molecular weight is 402 g/mol. The molecule has 0 saturated carbocycles. The third kappa shape index (κ3) is 3.66. The third-order valence-electron chi connectivity index (χ3n) is 5.99. The van der Waals surface area contributed by atoms with Crippen molar-refractivity contribution in [1.29, 1.82) is 0 Å². The number of amides is 2. The van der Waals surface area contributed by atoms with Gasteiger partial charge in [-0.15, -0.1) is 0 Å². The number of rotatable bonds is 5. The molecule has 28 heavy (non-hydrogen) atoms. The molecule has 2 aromatic rings. The van der Waals surface area contributed by atoms with Gasteiger partial charge < -0.3 is 15.1 Å². The summed E-state index contributed by atoms with van der Waals surface area (Å²) in [4.78, 5) is 28.5. The summed E-state index contributed by atoms with van der Waals surface area (Å²) in [5.74, 6) is 0.489. The first kappa shape index (κ1) is 19.0. The molecule has 0 radical (unpaired) electrons. The van der Waals surface area contributed by atoms with Gasteiger partial charge >= 0.3 is 0 Å². The van der Waals surface area contributed by atoms with Crippen LogP contribution in [0.4, 0.5) is 0 Å². The molecule has 4 rings (SSSR count). The molecule has 1 aromatic heterocycles. The van der Waals surface area contributed by atoms with E-state index in [0.717, 1.165) is 37.3 Å². The van der Waals surface area contributed by atoms with Crippen LogP contribution in [0.2, 0.25) is 5.02 Å². The van der Waals surface area contributed by atoms with Gasteiger partial charge in [0, 0.05) is 43.7 Å². The van der Waals surface area contributed by atoms with Crippen LogP contribution in [0.15, 0.2) is 41.2 Å². The minimum Gasteiger partial charge on any atom is -0.472 e. The Labute approximate surface area is 169 Å². The minimum absolute atomic E-state index is 0.0219. The van der Waals surface area contributed by atoms with Gasteiger partial charge in [-0.05, 0) is 42.0 Å². The molecule has 0 bridgehead atoms. The number of nitrogens with zero attached hydrogens (tertiary/aromatic N) is 2. The molecule has 2 N–H and O–H groups in total. The molecule has 3 atom stereocenters. The molecule has 2 amide bonds. The number of carbonyl (C=O) groups is 2. The first-order valence-electron chi connectivity index (χ1n) is 9.52. The number of halogens is 1. The lowest BCUT2D eigenvalue weighted by atomic mass is 10.0. The second kappa shape index (κ2) is 7.60. The van der Waals surface area contributed by atoms with Crippen molar-refractivity contribution in [2.45, 2.75) is 19.4 Å². The van der Waals surface area contributed by atoms with Gasteiger partial charge in [0.1, 0.15) is 6.26 Å². The lowest BCUT2D eigenvalue weighted by Gasteiger charge is -2.29. The Morgan fingerprint density at radius 3 is 2.50 bits per heavy atom. The van der Waals surface area contributed by atoms with Crippen molar-refractivity contribution in [3.63, 3.8) is 0 Å². The molecule has 0 aliphatic carbocycles.